The molecule has 0 unspecified atom stereocenters. The Labute approximate surface area is 142 Å². The van der Waals surface area contributed by atoms with Crippen molar-refractivity contribution in [1.82, 2.24) is 24.3 Å². The second-order valence-corrected chi connectivity index (χ2v) is 6.47. The summed E-state index contributed by atoms with van der Waals surface area (Å²) < 4.78 is 6.98. The van der Waals surface area contributed by atoms with E-state index in [0.29, 0.717) is 12.2 Å². The Bertz CT molecular complexity index is 714. The zero-order chi connectivity index (χ0) is 17.1. The van der Waals surface area contributed by atoms with Crippen molar-refractivity contribution < 1.29 is 9.53 Å². The van der Waals surface area contributed by atoms with Gasteiger partial charge in [0, 0.05) is 46.0 Å². The Morgan fingerprint density at radius 2 is 2.29 bits per heavy atom. The van der Waals surface area contributed by atoms with Crippen molar-refractivity contribution in [3.8, 4) is 0 Å². The first kappa shape index (κ1) is 16.9. The predicted molar refractivity (Wildman–Crippen MR) is 91.9 cm³/mol. The highest BCUT2D eigenvalue weighted by atomic mass is 16.5. The largest absolute Gasteiger partial charge is 0.383 e. The normalized spacial score (nSPS) is 18.0. The smallest absolute Gasteiger partial charge is 0.255 e. The Kier molecular flexibility index (Phi) is 5.11. The van der Waals surface area contributed by atoms with Crippen molar-refractivity contribution in [2.45, 2.75) is 18.9 Å². The fraction of sp³-hybridized carbons (Fsp3) is 0.588. The highest BCUT2D eigenvalue weighted by molar-refractivity contribution is 5.96. The summed E-state index contributed by atoms with van der Waals surface area (Å²) in [5, 5.41) is 0. The van der Waals surface area contributed by atoms with Gasteiger partial charge in [-0.3, -0.25) is 4.79 Å². The highest BCUT2D eigenvalue weighted by Crippen LogP contribution is 2.21. The maximum Gasteiger partial charge on any atom is 0.255 e. The van der Waals surface area contributed by atoms with Crippen molar-refractivity contribution in [3.05, 3.63) is 24.2 Å². The number of fused-ring (bicyclic) bond motifs is 1. The number of aromatic nitrogens is 3. The molecule has 0 spiro atoms. The second kappa shape index (κ2) is 7.27. The summed E-state index contributed by atoms with van der Waals surface area (Å²) in [7, 11) is 5.68. The van der Waals surface area contributed by atoms with E-state index in [1.54, 1.807) is 19.6 Å². The number of amides is 1. The van der Waals surface area contributed by atoms with Crippen LogP contribution in [0.25, 0.3) is 11.2 Å². The van der Waals surface area contributed by atoms with Crippen molar-refractivity contribution in [3.63, 3.8) is 0 Å². The van der Waals surface area contributed by atoms with Gasteiger partial charge in [-0.05, 0) is 26.0 Å². The van der Waals surface area contributed by atoms with E-state index in [4.69, 9.17) is 4.74 Å². The van der Waals surface area contributed by atoms with E-state index in [2.05, 4.69) is 21.9 Å². The van der Waals surface area contributed by atoms with Crippen LogP contribution < -0.4 is 0 Å². The van der Waals surface area contributed by atoms with E-state index >= 15 is 0 Å². The van der Waals surface area contributed by atoms with Gasteiger partial charge in [0.15, 0.2) is 5.65 Å². The zero-order valence-corrected chi connectivity index (χ0v) is 14.6. The van der Waals surface area contributed by atoms with Crippen molar-refractivity contribution >= 4 is 17.1 Å². The molecular weight excluding hydrogens is 306 g/mol. The lowest BCUT2D eigenvalue weighted by Gasteiger charge is -2.28. The molecule has 3 heterocycles. The van der Waals surface area contributed by atoms with Crippen LogP contribution in [-0.4, -0.2) is 76.7 Å². The number of carbonyl (C=O) groups excluding carboxylic acids is 1. The van der Waals surface area contributed by atoms with Gasteiger partial charge in [0.05, 0.1) is 18.5 Å². The lowest BCUT2D eigenvalue weighted by molar-refractivity contribution is 0.0698. The van der Waals surface area contributed by atoms with Crippen LogP contribution in [0.2, 0.25) is 0 Å². The van der Waals surface area contributed by atoms with E-state index in [0.717, 1.165) is 43.6 Å². The van der Waals surface area contributed by atoms with Gasteiger partial charge >= 0.3 is 0 Å². The fourth-order valence-corrected chi connectivity index (χ4v) is 3.29. The van der Waals surface area contributed by atoms with Crippen LogP contribution >= 0.6 is 0 Å². The molecule has 130 valence electrons. The average molecular weight is 331 g/mol. The standard InChI is InChI=1S/C17H25N5O2/c1-20(7-8-24-3)11-14-5-4-6-22(14)17(23)13-9-15-16(18-10-13)21(2)12-19-15/h9-10,12,14H,4-8,11H2,1-3H3/t14-/m1/s1. The van der Waals surface area contributed by atoms with Gasteiger partial charge in [-0.15, -0.1) is 0 Å². The van der Waals surface area contributed by atoms with Gasteiger partial charge in [-0.2, -0.15) is 0 Å². The van der Waals surface area contributed by atoms with Crippen LogP contribution in [0.3, 0.4) is 0 Å². The van der Waals surface area contributed by atoms with Crippen molar-refractivity contribution in [2.75, 3.05) is 40.4 Å². The molecule has 2 aromatic rings. The number of ether oxygens (including phenoxy) is 1. The third kappa shape index (κ3) is 3.42. The van der Waals surface area contributed by atoms with Gasteiger partial charge in [-0.1, -0.05) is 0 Å². The quantitative estimate of drug-likeness (QED) is 0.794. The van der Waals surface area contributed by atoms with E-state index in [-0.39, 0.29) is 11.9 Å². The van der Waals surface area contributed by atoms with Gasteiger partial charge in [0.1, 0.15) is 5.52 Å². The zero-order valence-electron chi connectivity index (χ0n) is 14.6. The molecule has 1 atom stereocenters. The van der Waals surface area contributed by atoms with Gasteiger partial charge < -0.3 is 19.1 Å². The number of pyridine rings is 1. The molecule has 1 amide bonds. The molecule has 0 N–H and O–H groups in total. The van der Waals surface area contributed by atoms with Gasteiger partial charge in [0.25, 0.3) is 5.91 Å². The van der Waals surface area contributed by atoms with Gasteiger partial charge in [0.2, 0.25) is 0 Å². The van der Waals surface area contributed by atoms with E-state index in [9.17, 15) is 4.79 Å². The number of methoxy groups -OCH3 is 1. The minimum atomic E-state index is 0.0534. The number of aryl methyl sites for hydroxylation is 1. The van der Waals surface area contributed by atoms with Crippen LogP contribution in [0.5, 0.6) is 0 Å². The number of hydrogen-bond donors (Lipinski definition) is 0. The SMILES string of the molecule is COCCN(C)C[C@H]1CCCN1C(=O)c1cnc2c(c1)ncn2C. The van der Waals surface area contributed by atoms with E-state index in [1.165, 1.54) is 0 Å². The maximum absolute atomic E-state index is 12.9. The third-order valence-electron chi connectivity index (χ3n) is 4.64. The van der Waals surface area contributed by atoms with Crippen LogP contribution in [-0.2, 0) is 11.8 Å². The van der Waals surface area contributed by atoms with Crippen molar-refractivity contribution in [2.24, 2.45) is 7.05 Å². The first-order valence-electron chi connectivity index (χ1n) is 8.35. The van der Waals surface area contributed by atoms with Crippen LogP contribution in [0, 0.1) is 0 Å². The number of likely N-dealkylation sites (tertiary alicyclic amines) is 1. The Balaban J connectivity index is 1.72. The lowest BCUT2D eigenvalue weighted by Crippen LogP contribution is -2.43. The number of hydrogen-bond acceptors (Lipinski definition) is 5. The molecule has 24 heavy (non-hydrogen) atoms. The third-order valence-corrected chi connectivity index (χ3v) is 4.64. The minimum Gasteiger partial charge on any atom is -0.383 e. The van der Waals surface area contributed by atoms with Crippen LogP contribution in [0.15, 0.2) is 18.6 Å². The topological polar surface area (TPSA) is 63.5 Å². The van der Waals surface area contributed by atoms with E-state index in [1.807, 2.05) is 22.6 Å². The summed E-state index contributed by atoms with van der Waals surface area (Å²) in [5.41, 5.74) is 2.17. The molecule has 0 aliphatic carbocycles. The number of nitrogens with zero attached hydrogens (tertiary/aromatic N) is 5. The van der Waals surface area contributed by atoms with Crippen molar-refractivity contribution in [1.29, 1.82) is 0 Å². The molecule has 1 aliphatic heterocycles. The summed E-state index contributed by atoms with van der Waals surface area (Å²) in [6, 6.07) is 2.09. The molecule has 0 bridgehead atoms. The first-order chi connectivity index (χ1) is 11.6. The first-order valence-corrected chi connectivity index (χ1v) is 8.35. The number of carbonyl (C=O) groups is 1. The monoisotopic (exact) mass is 331 g/mol. The molecule has 7 heteroatoms. The van der Waals surface area contributed by atoms with Crippen LogP contribution in [0.4, 0.5) is 0 Å². The molecule has 0 radical (unpaired) electrons. The summed E-state index contributed by atoms with van der Waals surface area (Å²) >= 11 is 0. The average Bonchev–Trinajstić information content (AvgIpc) is 3.19. The molecule has 1 aliphatic rings. The summed E-state index contributed by atoms with van der Waals surface area (Å²) in [5.74, 6) is 0.0534. The predicted octanol–water partition coefficient (Wildman–Crippen LogP) is 1.15. The Morgan fingerprint density at radius 1 is 1.46 bits per heavy atom. The molecule has 7 nitrogen and oxygen atoms in total. The fourth-order valence-electron chi connectivity index (χ4n) is 3.29. The number of likely N-dealkylation sites (N-methyl/N-ethyl adjacent to an activating group) is 1. The maximum atomic E-state index is 12.9. The second-order valence-electron chi connectivity index (χ2n) is 6.47. The summed E-state index contributed by atoms with van der Waals surface area (Å²) in [6.45, 7) is 3.25. The molecule has 2 aromatic heterocycles. The van der Waals surface area contributed by atoms with E-state index < -0.39 is 0 Å². The minimum absolute atomic E-state index is 0.0534. The number of rotatable bonds is 6. The number of imidazole rings is 1. The summed E-state index contributed by atoms with van der Waals surface area (Å²) in [6.07, 6.45) is 5.47. The summed E-state index contributed by atoms with van der Waals surface area (Å²) in [4.78, 5) is 25.8. The molecule has 3 rings (SSSR count). The molecular formula is C17H25N5O2. The van der Waals surface area contributed by atoms with Crippen LogP contribution in [0.1, 0.15) is 23.2 Å². The molecule has 0 aromatic carbocycles. The molecule has 0 saturated carbocycles. The molecule has 1 saturated heterocycles. The lowest BCUT2D eigenvalue weighted by atomic mass is 10.2. The highest BCUT2D eigenvalue weighted by Gasteiger charge is 2.30. The Hall–Kier alpha value is -1.99. The van der Waals surface area contributed by atoms with Gasteiger partial charge in [-0.25, -0.2) is 9.97 Å². The Morgan fingerprint density at radius 3 is 3.08 bits per heavy atom. The molecule has 1 fully saturated rings.